The molecule has 0 fully saturated rings. The van der Waals surface area contributed by atoms with Crippen molar-refractivity contribution in [2.75, 3.05) is 6.16 Å². The molecule has 2 N–H and O–H groups in total. The van der Waals surface area contributed by atoms with Crippen LogP contribution in [0.1, 0.15) is 15.9 Å². The molecule has 0 amide bonds. The second-order valence-corrected chi connectivity index (χ2v) is 9.23. The van der Waals surface area contributed by atoms with E-state index in [-0.39, 0.29) is 18.5 Å². The molecule has 4 aromatic rings. The molecule has 160 valence electrons. The summed E-state index contributed by atoms with van der Waals surface area (Å²) in [5.41, 5.74) is 4.30. The van der Waals surface area contributed by atoms with E-state index in [9.17, 15) is 9.36 Å². The van der Waals surface area contributed by atoms with E-state index in [2.05, 4.69) is 0 Å². The van der Waals surface area contributed by atoms with Gasteiger partial charge in [0.2, 0.25) is 5.69 Å². The topological polar surface area (TPSA) is 82.4 Å². The van der Waals surface area contributed by atoms with Crippen LogP contribution in [-0.2, 0) is 11.1 Å². The molecule has 2 aromatic carbocycles. The summed E-state index contributed by atoms with van der Waals surface area (Å²) >= 11 is 0. The Morgan fingerprint density at radius 3 is 1.81 bits per heavy atom. The van der Waals surface area contributed by atoms with E-state index in [1.807, 2.05) is 108 Å². The van der Waals surface area contributed by atoms with Gasteiger partial charge >= 0.3 is 7.60 Å². The minimum atomic E-state index is -4.00. The number of hydrogen-bond acceptors (Lipinski definition) is 2. The molecule has 0 aliphatic rings. The molecule has 0 aliphatic carbocycles. The minimum absolute atomic E-state index is 0.000363. The van der Waals surface area contributed by atoms with Gasteiger partial charge in [-0.15, -0.1) is 0 Å². The number of benzene rings is 2. The largest absolute Gasteiger partial charge is 0.331 e. The molecule has 4 rings (SSSR count). The monoisotopic (exact) mass is 446 g/mol. The SMILES string of the molecule is O=C(c1ccccc1)c1ccc(-[n+]2ccc(-c3cc[n+](CCP(=O)(O)O)cc3)cc2)cc1. The van der Waals surface area contributed by atoms with Gasteiger partial charge < -0.3 is 9.79 Å². The molecular formula is C25H23N2O4P+2. The zero-order valence-corrected chi connectivity index (χ0v) is 18.2. The number of rotatable bonds is 7. The van der Waals surface area contributed by atoms with Gasteiger partial charge in [0.1, 0.15) is 6.16 Å². The molecule has 0 saturated heterocycles. The van der Waals surface area contributed by atoms with E-state index in [4.69, 9.17) is 9.79 Å². The van der Waals surface area contributed by atoms with E-state index in [1.54, 1.807) is 4.57 Å². The van der Waals surface area contributed by atoms with Crippen molar-refractivity contribution in [3.8, 4) is 16.8 Å². The molecule has 0 aliphatic heterocycles. The Bertz CT molecular complexity index is 1250. The highest BCUT2D eigenvalue weighted by Gasteiger charge is 2.16. The third-order valence-electron chi connectivity index (χ3n) is 5.17. The Kier molecular flexibility index (Phi) is 6.37. The predicted octanol–water partition coefficient (Wildman–Crippen LogP) is 3.33. The van der Waals surface area contributed by atoms with Gasteiger partial charge in [-0.25, -0.2) is 4.57 Å². The Morgan fingerprint density at radius 2 is 1.25 bits per heavy atom. The van der Waals surface area contributed by atoms with Gasteiger partial charge in [-0.1, -0.05) is 30.3 Å². The first kappa shape index (κ1) is 21.8. The van der Waals surface area contributed by atoms with Crippen LogP contribution in [0, 0.1) is 0 Å². The summed E-state index contributed by atoms with van der Waals surface area (Å²) in [5, 5.41) is 0. The van der Waals surface area contributed by atoms with Crippen molar-refractivity contribution < 1.29 is 28.3 Å². The first-order chi connectivity index (χ1) is 15.4. The van der Waals surface area contributed by atoms with E-state index in [0.717, 1.165) is 16.8 Å². The van der Waals surface area contributed by atoms with Crippen LogP contribution >= 0.6 is 7.60 Å². The number of aryl methyl sites for hydroxylation is 1. The highest BCUT2D eigenvalue weighted by molar-refractivity contribution is 7.51. The Labute approximate surface area is 186 Å². The molecule has 2 aromatic heterocycles. The third kappa shape index (κ3) is 5.42. The Balaban J connectivity index is 1.45. The summed E-state index contributed by atoms with van der Waals surface area (Å²) in [6.07, 6.45) is 7.36. The van der Waals surface area contributed by atoms with Crippen LogP contribution in [-0.4, -0.2) is 21.7 Å². The second-order valence-electron chi connectivity index (χ2n) is 7.45. The zero-order valence-electron chi connectivity index (χ0n) is 17.3. The van der Waals surface area contributed by atoms with Crippen molar-refractivity contribution in [3.63, 3.8) is 0 Å². The van der Waals surface area contributed by atoms with E-state index in [0.29, 0.717) is 11.1 Å². The van der Waals surface area contributed by atoms with Gasteiger partial charge in [-0.05, 0) is 23.3 Å². The van der Waals surface area contributed by atoms with Crippen LogP contribution in [0.5, 0.6) is 0 Å². The van der Waals surface area contributed by atoms with E-state index in [1.165, 1.54) is 0 Å². The van der Waals surface area contributed by atoms with E-state index < -0.39 is 7.60 Å². The molecule has 0 unspecified atom stereocenters. The van der Waals surface area contributed by atoms with Crippen molar-refractivity contribution in [2.24, 2.45) is 0 Å². The lowest BCUT2D eigenvalue weighted by Crippen LogP contribution is -2.34. The molecular weight excluding hydrogens is 423 g/mol. The fourth-order valence-corrected chi connectivity index (χ4v) is 3.87. The maximum Gasteiger partial charge on any atom is 0.331 e. The summed E-state index contributed by atoms with van der Waals surface area (Å²) in [6, 6.07) is 24.6. The second kappa shape index (κ2) is 9.37. The van der Waals surface area contributed by atoms with Crippen LogP contribution in [0.4, 0.5) is 0 Å². The lowest BCUT2D eigenvalue weighted by Gasteiger charge is -2.03. The number of ketones is 1. The fraction of sp³-hybridized carbons (Fsp3) is 0.0800. The maximum absolute atomic E-state index is 12.6. The van der Waals surface area contributed by atoms with Crippen molar-refractivity contribution in [1.29, 1.82) is 0 Å². The van der Waals surface area contributed by atoms with Gasteiger partial charge in [0, 0.05) is 47.5 Å². The smallest absolute Gasteiger partial charge is 0.324 e. The molecule has 0 spiro atoms. The number of hydrogen-bond donors (Lipinski definition) is 2. The lowest BCUT2D eigenvalue weighted by atomic mass is 10.0. The number of carbonyl (C=O) groups is 1. The molecule has 0 bridgehead atoms. The zero-order chi connectivity index (χ0) is 22.6. The summed E-state index contributed by atoms with van der Waals surface area (Å²) in [5.74, 6) is -0.000363. The Morgan fingerprint density at radius 1 is 0.719 bits per heavy atom. The number of nitrogens with zero attached hydrogens (tertiary/aromatic N) is 2. The molecule has 6 nitrogen and oxygen atoms in total. The van der Waals surface area contributed by atoms with Gasteiger partial charge in [-0.3, -0.25) is 9.36 Å². The van der Waals surface area contributed by atoms with Gasteiger partial charge in [0.15, 0.2) is 37.1 Å². The van der Waals surface area contributed by atoms with Crippen LogP contribution in [0.3, 0.4) is 0 Å². The average Bonchev–Trinajstić information content (AvgIpc) is 2.83. The number of carbonyl (C=O) groups excluding carboxylic acids is 1. The highest BCUT2D eigenvalue weighted by Crippen LogP contribution is 2.33. The standard InChI is InChI=1S/C25H21N2O4P/c28-25(22-4-2-1-3-5-22)23-6-8-24(9-7-23)27-16-12-21(13-17-27)20-10-14-26(15-11-20)18-19-32(29,30)31/h1-17H,18-19H2/p+2. The first-order valence-electron chi connectivity index (χ1n) is 10.1. The summed E-state index contributed by atoms with van der Waals surface area (Å²) in [6.45, 7) is 0.266. The molecule has 32 heavy (non-hydrogen) atoms. The van der Waals surface area contributed by atoms with Crippen LogP contribution in [0.15, 0.2) is 104 Å². The van der Waals surface area contributed by atoms with Crippen molar-refractivity contribution in [1.82, 2.24) is 0 Å². The van der Waals surface area contributed by atoms with Crippen LogP contribution in [0.2, 0.25) is 0 Å². The van der Waals surface area contributed by atoms with Crippen molar-refractivity contribution >= 4 is 13.4 Å². The fourth-order valence-electron chi connectivity index (χ4n) is 3.38. The highest BCUT2D eigenvalue weighted by atomic mass is 31.2. The summed E-state index contributed by atoms with van der Waals surface area (Å²) in [4.78, 5) is 30.6. The predicted molar refractivity (Wildman–Crippen MR) is 120 cm³/mol. The quantitative estimate of drug-likeness (QED) is 0.259. The molecule has 2 heterocycles. The first-order valence-corrected chi connectivity index (χ1v) is 11.9. The average molecular weight is 446 g/mol. The van der Waals surface area contributed by atoms with Crippen molar-refractivity contribution in [3.05, 3.63) is 115 Å². The lowest BCUT2D eigenvalue weighted by molar-refractivity contribution is -0.692. The van der Waals surface area contributed by atoms with Gasteiger partial charge in [0.05, 0.1) is 0 Å². The Hall–Kier alpha value is -3.44. The molecule has 0 saturated carbocycles. The van der Waals surface area contributed by atoms with Crippen molar-refractivity contribution in [2.45, 2.75) is 6.54 Å². The maximum atomic E-state index is 12.6. The van der Waals surface area contributed by atoms with E-state index >= 15 is 0 Å². The molecule has 0 atom stereocenters. The van der Waals surface area contributed by atoms with Gasteiger partial charge in [-0.2, -0.15) is 4.57 Å². The summed E-state index contributed by atoms with van der Waals surface area (Å²) in [7, 11) is -4.00. The number of pyridine rings is 2. The van der Waals surface area contributed by atoms with Crippen LogP contribution < -0.4 is 9.13 Å². The molecule has 0 radical (unpaired) electrons. The van der Waals surface area contributed by atoms with Gasteiger partial charge in [0.25, 0.3) is 0 Å². The normalized spacial score (nSPS) is 11.3. The molecule has 7 heteroatoms. The summed E-state index contributed by atoms with van der Waals surface area (Å²) < 4.78 is 14.8. The third-order valence-corrected chi connectivity index (χ3v) is 5.95. The number of aromatic nitrogens is 2. The minimum Gasteiger partial charge on any atom is -0.324 e. The van der Waals surface area contributed by atoms with Crippen LogP contribution in [0.25, 0.3) is 16.8 Å².